The van der Waals surface area contributed by atoms with Crippen LogP contribution >= 0.6 is 0 Å². The van der Waals surface area contributed by atoms with Crippen molar-refractivity contribution in [2.24, 2.45) is 50.2 Å². The highest BCUT2D eigenvalue weighted by Gasteiger charge is 2.71. The zero-order chi connectivity index (χ0) is 46.7. The van der Waals surface area contributed by atoms with Crippen LogP contribution in [-0.2, 0) is 33.2 Å². The number of rotatable bonds is 9. The quantitative estimate of drug-likeness (QED) is 0.116. The second-order valence-electron chi connectivity index (χ2n) is 22.9. The fourth-order valence-electron chi connectivity index (χ4n) is 14.9. The van der Waals surface area contributed by atoms with Gasteiger partial charge in [-0.05, 0) is 111 Å². The molecule has 0 amide bonds. The Labute approximate surface area is 376 Å². The van der Waals surface area contributed by atoms with E-state index < -0.39 is 121 Å². The molecule has 7 fully saturated rings. The van der Waals surface area contributed by atoms with Gasteiger partial charge in [-0.3, -0.25) is 4.79 Å². The normalized spacial score (nSPS) is 53.5. The van der Waals surface area contributed by atoms with Crippen LogP contribution in [0.1, 0.15) is 113 Å². The summed E-state index contributed by atoms with van der Waals surface area (Å²) >= 11 is 0. The predicted octanol–water partition coefficient (Wildman–Crippen LogP) is 1.35. The maximum Gasteiger partial charge on any atom is 0.310 e. The molecule has 0 radical (unpaired) electrons. The van der Waals surface area contributed by atoms with Crippen molar-refractivity contribution >= 4 is 5.97 Å². The highest BCUT2D eigenvalue weighted by Crippen LogP contribution is 2.76. The van der Waals surface area contributed by atoms with Crippen LogP contribution < -0.4 is 0 Å². The van der Waals surface area contributed by atoms with E-state index in [4.69, 9.17) is 28.4 Å². The lowest BCUT2D eigenvalue weighted by Gasteiger charge is -2.71. The Morgan fingerprint density at radius 3 is 2.03 bits per heavy atom. The highest BCUT2D eigenvalue weighted by molar-refractivity contribution is 5.76. The number of aliphatic hydroxyl groups is 9. The van der Waals surface area contributed by atoms with Gasteiger partial charge in [0, 0.05) is 5.41 Å². The van der Waals surface area contributed by atoms with Crippen LogP contribution in [0.25, 0.3) is 0 Å². The van der Waals surface area contributed by atoms with E-state index in [1.54, 1.807) is 0 Å². The van der Waals surface area contributed by atoms with Gasteiger partial charge in [0.05, 0.1) is 37.4 Å². The molecule has 366 valence electrons. The van der Waals surface area contributed by atoms with Crippen molar-refractivity contribution in [1.29, 1.82) is 0 Å². The number of ether oxygens (including phenoxy) is 6. The number of hydrogen-bond acceptors (Lipinski definition) is 16. The van der Waals surface area contributed by atoms with Gasteiger partial charge in [-0.15, -0.1) is 0 Å². The summed E-state index contributed by atoms with van der Waals surface area (Å²) in [5.74, 6) is -0.496. The van der Waals surface area contributed by atoms with Crippen molar-refractivity contribution < 1.29 is 84.3 Å². The summed E-state index contributed by atoms with van der Waals surface area (Å²) in [5, 5.41) is 108. The average Bonchev–Trinajstić information content (AvgIpc) is 3.24. The van der Waals surface area contributed by atoms with E-state index >= 15 is 0 Å². The summed E-state index contributed by atoms with van der Waals surface area (Å²) in [5.41, 5.74) is -1.12. The molecule has 5 aliphatic carbocycles. The number of aliphatic hydroxyl groups excluding tert-OH is 9. The summed E-state index contributed by atoms with van der Waals surface area (Å²) in [6.45, 7) is 14.1. The Morgan fingerprint density at radius 2 is 1.38 bits per heavy atom. The van der Waals surface area contributed by atoms with E-state index in [-0.39, 0.29) is 47.2 Å². The van der Waals surface area contributed by atoms with Crippen LogP contribution in [0, 0.1) is 50.2 Å². The van der Waals surface area contributed by atoms with Crippen LogP contribution in [0.5, 0.6) is 0 Å². The molecule has 22 atom stereocenters. The molecule has 4 saturated carbocycles. The molecule has 8 rings (SSSR count). The molecule has 3 saturated heterocycles. The number of aliphatic carboxylic acids is 1. The third kappa shape index (κ3) is 7.49. The third-order valence-corrected chi connectivity index (χ3v) is 18.9. The molecule has 0 spiro atoms. The van der Waals surface area contributed by atoms with E-state index in [1.165, 1.54) is 12.5 Å². The molecule has 0 bridgehead atoms. The number of carbonyl (C=O) groups is 1. The molecule has 0 aromatic heterocycles. The van der Waals surface area contributed by atoms with E-state index in [0.29, 0.717) is 25.7 Å². The first-order valence-corrected chi connectivity index (χ1v) is 23.7. The van der Waals surface area contributed by atoms with Crippen molar-refractivity contribution in [3.63, 3.8) is 0 Å². The van der Waals surface area contributed by atoms with E-state index in [9.17, 15) is 55.9 Å². The number of allylic oxidation sites excluding steroid dienone is 1. The molecule has 17 heteroatoms. The van der Waals surface area contributed by atoms with Crippen molar-refractivity contribution in [1.82, 2.24) is 0 Å². The zero-order valence-electron chi connectivity index (χ0n) is 38.5. The van der Waals surface area contributed by atoms with Crippen molar-refractivity contribution in [3.05, 3.63) is 11.6 Å². The van der Waals surface area contributed by atoms with Gasteiger partial charge in [0.2, 0.25) is 0 Å². The van der Waals surface area contributed by atoms with Gasteiger partial charge >= 0.3 is 5.97 Å². The Kier molecular flexibility index (Phi) is 13.2. The fourth-order valence-corrected chi connectivity index (χ4v) is 14.9. The molecular formula is C47H76O17. The Morgan fingerprint density at radius 1 is 0.719 bits per heavy atom. The summed E-state index contributed by atoms with van der Waals surface area (Å²) in [7, 11) is 0. The van der Waals surface area contributed by atoms with Crippen LogP contribution in [0.2, 0.25) is 0 Å². The van der Waals surface area contributed by atoms with E-state index in [2.05, 4.69) is 47.6 Å². The van der Waals surface area contributed by atoms with Crippen LogP contribution in [0.15, 0.2) is 11.6 Å². The Balaban J connectivity index is 1.05. The second kappa shape index (κ2) is 17.2. The van der Waals surface area contributed by atoms with Crippen molar-refractivity contribution in [2.75, 3.05) is 19.8 Å². The lowest BCUT2D eigenvalue weighted by atomic mass is 9.33. The van der Waals surface area contributed by atoms with Gasteiger partial charge in [0.1, 0.15) is 61.0 Å². The lowest BCUT2D eigenvalue weighted by Crippen LogP contribution is -2.67. The molecule has 64 heavy (non-hydrogen) atoms. The fraction of sp³-hybridized carbons (Fsp3) is 0.936. The molecule has 0 unspecified atom stereocenters. The maximum absolute atomic E-state index is 13.2. The first-order chi connectivity index (χ1) is 29.9. The number of carboxylic acid groups (broad SMARTS) is 1. The smallest absolute Gasteiger partial charge is 0.310 e. The first kappa shape index (κ1) is 49.0. The Bertz CT molecular complexity index is 1740. The zero-order valence-corrected chi connectivity index (χ0v) is 38.5. The van der Waals surface area contributed by atoms with Gasteiger partial charge in [0.15, 0.2) is 18.9 Å². The van der Waals surface area contributed by atoms with Crippen molar-refractivity contribution in [2.45, 2.75) is 205 Å². The number of carboxylic acids is 1. The topological polar surface area (TPSA) is 275 Å². The summed E-state index contributed by atoms with van der Waals surface area (Å²) in [6.07, 6.45) is -11.6. The minimum atomic E-state index is -1.76. The molecule has 3 aliphatic heterocycles. The van der Waals surface area contributed by atoms with E-state index in [0.717, 1.165) is 38.5 Å². The minimum absolute atomic E-state index is 0.00141. The van der Waals surface area contributed by atoms with Crippen molar-refractivity contribution in [3.8, 4) is 0 Å². The summed E-state index contributed by atoms with van der Waals surface area (Å²) in [6, 6.07) is 0. The summed E-state index contributed by atoms with van der Waals surface area (Å²) < 4.78 is 36.7. The molecule has 0 aromatic carbocycles. The van der Waals surface area contributed by atoms with E-state index in [1.807, 2.05) is 0 Å². The van der Waals surface area contributed by atoms with Crippen LogP contribution in [0.4, 0.5) is 0 Å². The first-order valence-electron chi connectivity index (χ1n) is 23.7. The van der Waals surface area contributed by atoms with Gasteiger partial charge < -0.3 is 79.5 Å². The number of fused-ring (bicyclic) bond motifs is 7. The standard InChI is InChI=1S/C47H76O17/c1-22-30(50)33(53)35(55)38(60-22)64-37-32(52)26(62-39-36(56)34(54)31(51)25(19-48)61-39)20-59-40(37)63-29-11-12-44(6)27(43(29,4)5)10-13-45(7)28(44)9-8-23-24-18-42(2,3)14-15-46(24,41(57)58)16-17-47(23,45)21-49/h8,22,24-40,48-56H,9-21H2,1-7H3,(H,57,58)/t22-,24-,25+,26-,27-,28+,29-,30-,31+,32-,33+,34-,35+,36+,37+,38-,39-,40-,44-,45+,46-,47-/m0/s1. The third-order valence-electron chi connectivity index (χ3n) is 18.9. The molecule has 8 aliphatic rings. The van der Waals surface area contributed by atoms with Crippen LogP contribution in [-0.4, -0.2) is 169 Å². The highest BCUT2D eigenvalue weighted by atomic mass is 16.8. The molecular weight excluding hydrogens is 837 g/mol. The molecule has 0 aromatic rings. The predicted molar refractivity (Wildman–Crippen MR) is 225 cm³/mol. The minimum Gasteiger partial charge on any atom is -0.481 e. The maximum atomic E-state index is 13.2. The average molecular weight is 913 g/mol. The number of hydrogen-bond donors (Lipinski definition) is 10. The van der Waals surface area contributed by atoms with Gasteiger partial charge in [-0.25, -0.2) is 0 Å². The molecule has 3 heterocycles. The summed E-state index contributed by atoms with van der Waals surface area (Å²) in [4.78, 5) is 13.2. The second-order valence-corrected chi connectivity index (χ2v) is 22.9. The van der Waals surface area contributed by atoms with Gasteiger partial charge in [-0.1, -0.05) is 53.2 Å². The Hall–Kier alpha value is -1.39. The largest absolute Gasteiger partial charge is 0.481 e. The van der Waals surface area contributed by atoms with Gasteiger partial charge in [-0.2, -0.15) is 0 Å². The molecule has 17 nitrogen and oxygen atoms in total. The monoisotopic (exact) mass is 913 g/mol. The van der Waals surface area contributed by atoms with Crippen LogP contribution in [0.3, 0.4) is 0 Å². The van der Waals surface area contributed by atoms with Gasteiger partial charge in [0.25, 0.3) is 0 Å². The lowest BCUT2D eigenvalue weighted by molar-refractivity contribution is -0.380. The molecule has 10 N–H and O–H groups in total. The SMILES string of the molecule is C[C@@H]1O[C@@H](O[C@H]2[C@H](O[C@H]3CC[C@]4(C)[C@H]5CC=C6[C@@H]7CC(C)(C)CC[C@]7(C(=O)O)CC[C@@]6(CO)[C@]5(C)CC[C@H]4C3(C)C)OC[C@H](O[C@@H]3O[C@H](CO)[C@@H](O)[C@H](O)[C@H]3O)[C@@H]2O)[C@H](O)[C@H](O)[C@H]1O.